The Morgan fingerprint density at radius 1 is 1.09 bits per heavy atom. The minimum Gasteiger partial charge on any atom is -0.497 e. The summed E-state index contributed by atoms with van der Waals surface area (Å²) >= 11 is 0. The van der Waals surface area contributed by atoms with Crippen LogP contribution in [0.25, 0.3) is 0 Å². The van der Waals surface area contributed by atoms with Gasteiger partial charge < -0.3 is 19.7 Å². The highest BCUT2D eigenvalue weighted by Gasteiger charge is 2.58. The fourth-order valence-electron chi connectivity index (χ4n) is 5.39. The van der Waals surface area contributed by atoms with Crippen LogP contribution in [0, 0.1) is 23.0 Å². The number of ether oxygens (including phenoxy) is 2. The molecule has 10 heteroatoms. The molecule has 44 heavy (non-hydrogen) atoms. The van der Waals surface area contributed by atoms with Gasteiger partial charge in [-0.2, -0.15) is 5.26 Å². The second kappa shape index (κ2) is 13.0. The van der Waals surface area contributed by atoms with Gasteiger partial charge in [-0.05, 0) is 61.3 Å². The van der Waals surface area contributed by atoms with Crippen molar-refractivity contribution in [1.29, 1.82) is 5.26 Å². The molecular weight excluding hydrogens is 566 g/mol. The average molecular weight is 597 g/mol. The van der Waals surface area contributed by atoms with Gasteiger partial charge in [-0.25, -0.2) is 18.6 Å². The Morgan fingerprint density at radius 2 is 1.84 bits per heavy atom. The number of ketones is 1. The Kier molecular flexibility index (Phi) is 8.97. The van der Waals surface area contributed by atoms with Crippen LogP contribution in [0.5, 0.6) is 5.75 Å². The number of carbonyl (C=O) groups is 2. The minimum absolute atomic E-state index is 0.00182. The van der Waals surface area contributed by atoms with E-state index >= 15 is 4.39 Å². The van der Waals surface area contributed by atoms with Gasteiger partial charge in [-0.3, -0.25) is 4.79 Å². The largest absolute Gasteiger partial charge is 0.497 e. The summed E-state index contributed by atoms with van der Waals surface area (Å²) in [7, 11) is 1.53. The Labute approximate surface area is 253 Å². The van der Waals surface area contributed by atoms with Crippen LogP contribution in [0.3, 0.4) is 0 Å². The van der Waals surface area contributed by atoms with Crippen LogP contribution in [0.2, 0.25) is 0 Å². The summed E-state index contributed by atoms with van der Waals surface area (Å²) < 4.78 is 39.6. The van der Waals surface area contributed by atoms with E-state index in [0.29, 0.717) is 24.3 Å². The maximum absolute atomic E-state index is 15.0. The number of halogens is 2. The molecule has 224 valence electrons. The maximum atomic E-state index is 15.0. The number of nitriles is 1. The number of aliphatic imine (C=N–C) groups is 1. The predicted octanol–water partition coefficient (Wildman–Crippen LogP) is 4.66. The molecule has 0 fully saturated rings. The number of nitrogens with one attached hydrogen (secondary N) is 1. The normalized spacial score (nSPS) is 17.5. The molecule has 2 aliphatic rings. The molecule has 0 aliphatic carbocycles. The number of methoxy groups -OCH3 is 1. The molecule has 0 amide bonds. The van der Waals surface area contributed by atoms with Gasteiger partial charge in [-0.1, -0.05) is 36.4 Å². The van der Waals surface area contributed by atoms with Crippen LogP contribution in [-0.2, 0) is 27.2 Å². The number of rotatable bonds is 11. The van der Waals surface area contributed by atoms with Crippen molar-refractivity contribution in [2.75, 3.05) is 26.8 Å². The predicted molar refractivity (Wildman–Crippen MR) is 160 cm³/mol. The van der Waals surface area contributed by atoms with E-state index in [-0.39, 0.29) is 47.9 Å². The topological polar surface area (TPSA) is 104 Å². The van der Waals surface area contributed by atoms with Gasteiger partial charge in [0.05, 0.1) is 25.0 Å². The molecule has 3 aromatic rings. The standard InChI is InChI=1S/C34H30F2N4O4/c1-3-44-33(42)34(21-38-16-15-22-7-5-4-6-8-22)30(41)19-31-39-32(23-10-13-26(43-2)14-11-23)27(20-37)29(40(31)34)17-24-9-12-25(35)18-28(24)36/h4-14,18-19,38H,3,15-17,21H2,1-2H3. The zero-order valence-corrected chi connectivity index (χ0v) is 24.3. The third-order valence-electron chi connectivity index (χ3n) is 7.58. The van der Waals surface area contributed by atoms with E-state index in [4.69, 9.17) is 9.47 Å². The van der Waals surface area contributed by atoms with Crippen molar-refractivity contribution in [3.63, 3.8) is 0 Å². The summed E-state index contributed by atoms with van der Waals surface area (Å²) in [5.41, 5.74) is 0.149. The van der Waals surface area contributed by atoms with Gasteiger partial charge in [0.1, 0.15) is 29.3 Å². The highest BCUT2D eigenvalue weighted by molar-refractivity contribution is 6.20. The minimum atomic E-state index is -1.95. The van der Waals surface area contributed by atoms with Crippen LogP contribution < -0.4 is 10.1 Å². The van der Waals surface area contributed by atoms with Crippen molar-refractivity contribution in [2.45, 2.75) is 25.3 Å². The number of esters is 1. The lowest BCUT2D eigenvalue weighted by atomic mass is 9.89. The molecule has 0 bridgehead atoms. The average Bonchev–Trinajstić information content (AvgIpc) is 3.32. The molecule has 1 N–H and O–H groups in total. The SMILES string of the molecule is CCOC(=O)C1(CNCCc2ccccc2)C(=O)C=C2N=C(c3ccc(OC)cc3)C(C#N)=C(Cc3ccc(F)cc3F)N21. The monoisotopic (exact) mass is 596 g/mol. The van der Waals surface area contributed by atoms with Crippen molar-refractivity contribution >= 4 is 17.5 Å². The van der Waals surface area contributed by atoms with Crippen molar-refractivity contribution in [2.24, 2.45) is 4.99 Å². The number of hydrogen-bond donors (Lipinski definition) is 1. The number of fused-ring (bicyclic) bond motifs is 1. The van der Waals surface area contributed by atoms with Crippen molar-refractivity contribution < 1.29 is 27.8 Å². The molecule has 3 aromatic carbocycles. The first-order valence-electron chi connectivity index (χ1n) is 14.1. The van der Waals surface area contributed by atoms with Crippen molar-refractivity contribution in [3.05, 3.63) is 124 Å². The van der Waals surface area contributed by atoms with Crippen molar-refractivity contribution in [3.8, 4) is 11.8 Å². The maximum Gasteiger partial charge on any atom is 0.341 e. The number of allylic oxidation sites excluding steroid dienone is 2. The number of hydrogen-bond acceptors (Lipinski definition) is 8. The van der Waals surface area contributed by atoms with Gasteiger partial charge >= 0.3 is 5.97 Å². The fraction of sp³-hybridized carbons (Fsp3) is 0.235. The Morgan fingerprint density at radius 3 is 2.50 bits per heavy atom. The summed E-state index contributed by atoms with van der Waals surface area (Å²) in [5, 5.41) is 13.7. The van der Waals surface area contributed by atoms with E-state index in [1.165, 1.54) is 24.2 Å². The zero-order chi connectivity index (χ0) is 31.3. The van der Waals surface area contributed by atoms with Crippen molar-refractivity contribution in [1.82, 2.24) is 10.2 Å². The summed E-state index contributed by atoms with van der Waals surface area (Å²) in [6.45, 7) is 1.89. The second-order valence-corrected chi connectivity index (χ2v) is 10.2. The molecule has 2 heterocycles. The first kappa shape index (κ1) is 30.3. The van der Waals surface area contributed by atoms with Crippen LogP contribution in [0.15, 0.2) is 101 Å². The second-order valence-electron chi connectivity index (χ2n) is 10.2. The Bertz CT molecular complexity index is 1710. The molecule has 0 spiro atoms. The summed E-state index contributed by atoms with van der Waals surface area (Å²) in [6, 6.07) is 21.8. The van der Waals surface area contributed by atoms with E-state index in [9.17, 15) is 19.2 Å². The summed E-state index contributed by atoms with van der Waals surface area (Å²) in [5.74, 6) is -2.32. The molecule has 0 radical (unpaired) electrons. The Balaban J connectivity index is 1.62. The van der Waals surface area contributed by atoms with Gasteiger partial charge in [0.2, 0.25) is 5.54 Å². The van der Waals surface area contributed by atoms with Gasteiger partial charge in [0.25, 0.3) is 0 Å². The molecule has 5 rings (SSSR count). The lowest BCUT2D eigenvalue weighted by Crippen LogP contribution is -2.62. The van der Waals surface area contributed by atoms with Gasteiger partial charge in [-0.15, -0.1) is 0 Å². The summed E-state index contributed by atoms with van der Waals surface area (Å²) in [4.78, 5) is 33.7. The molecule has 1 unspecified atom stereocenters. The lowest BCUT2D eigenvalue weighted by molar-refractivity contribution is -0.157. The number of benzene rings is 3. The quantitative estimate of drug-likeness (QED) is 0.195. The fourth-order valence-corrected chi connectivity index (χ4v) is 5.39. The molecule has 2 aliphatic heterocycles. The van der Waals surface area contributed by atoms with Crippen LogP contribution in [-0.4, -0.2) is 54.7 Å². The molecular formula is C34H30F2N4O4. The number of carbonyl (C=O) groups excluding carboxylic acids is 2. The van der Waals surface area contributed by atoms with Gasteiger partial charge in [0.15, 0.2) is 5.78 Å². The highest BCUT2D eigenvalue weighted by Crippen LogP contribution is 2.41. The Hall–Kier alpha value is -5.14. The van der Waals surface area contributed by atoms with E-state index in [1.54, 1.807) is 31.2 Å². The van der Waals surface area contributed by atoms with Crippen LogP contribution in [0.4, 0.5) is 8.78 Å². The third-order valence-corrected chi connectivity index (χ3v) is 7.58. The van der Waals surface area contributed by atoms with E-state index in [2.05, 4.69) is 16.4 Å². The summed E-state index contributed by atoms with van der Waals surface area (Å²) in [6.07, 6.45) is 1.63. The third kappa shape index (κ3) is 5.74. The van der Waals surface area contributed by atoms with Gasteiger partial charge in [0, 0.05) is 36.4 Å². The van der Waals surface area contributed by atoms with E-state index < -0.39 is 28.9 Å². The van der Waals surface area contributed by atoms with Crippen LogP contribution >= 0.6 is 0 Å². The number of nitrogens with zero attached hydrogens (tertiary/aromatic N) is 3. The van der Waals surface area contributed by atoms with E-state index in [0.717, 1.165) is 17.7 Å². The highest BCUT2D eigenvalue weighted by atomic mass is 19.1. The smallest absolute Gasteiger partial charge is 0.341 e. The zero-order valence-electron chi connectivity index (χ0n) is 24.3. The first-order valence-corrected chi connectivity index (χ1v) is 14.1. The molecule has 0 saturated carbocycles. The molecule has 0 aromatic heterocycles. The first-order chi connectivity index (χ1) is 21.3. The molecule has 8 nitrogen and oxygen atoms in total. The van der Waals surface area contributed by atoms with E-state index in [1.807, 2.05) is 30.3 Å². The van der Waals surface area contributed by atoms with Crippen LogP contribution in [0.1, 0.15) is 23.6 Å². The molecule has 1 atom stereocenters. The molecule has 0 saturated heterocycles. The lowest BCUT2D eigenvalue weighted by Gasteiger charge is -2.41.